The van der Waals surface area contributed by atoms with Gasteiger partial charge in [0.05, 0.1) is 0 Å². The Morgan fingerprint density at radius 1 is 1.28 bits per heavy atom. The average Bonchev–Trinajstić information content (AvgIpc) is 3.04. The molecule has 1 aromatic rings. The zero-order chi connectivity index (χ0) is 11.0. The maximum absolute atomic E-state index is 3.57. The Morgan fingerprint density at radius 2 is 1.94 bits per heavy atom. The Labute approximate surface area is 133 Å². The highest BCUT2D eigenvalue weighted by Gasteiger charge is 2.37. The highest BCUT2D eigenvalue weighted by atomic mass is 79.9. The number of nitrogens with zero attached hydrogens (tertiary/aromatic N) is 1. The monoisotopic (exact) mass is 372 g/mol. The average molecular weight is 374 g/mol. The summed E-state index contributed by atoms with van der Waals surface area (Å²) in [7, 11) is 0. The summed E-state index contributed by atoms with van der Waals surface area (Å²) < 4.78 is 1.24. The van der Waals surface area contributed by atoms with Gasteiger partial charge in [0, 0.05) is 47.0 Å². The molecule has 2 fully saturated rings. The van der Waals surface area contributed by atoms with Gasteiger partial charge in [-0.05, 0) is 40.8 Å². The van der Waals surface area contributed by atoms with E-state index in [-0.39, 0.29) is 24.8 Å². The van der Waals surface area contributed by atoms with Gasteiger partial charge < -0.3 is 5.32 Å². The SMILES string of the molecule is Brc1csc([C@H](C2CC2)N2CCNCC2)c1.Cl.Cl. The highest BCUT2D eigenvalue weighted by Crippen LogP contribution is 2.46. The number of piperazine rings is 1. The van der Waals surface area contributed by atoms with Gasteiger partial charge in [-0.2, -0.15) is 0 Å². The van der Waals surface area contributed by atoms with Crippen LogP contribution in [0.4, 0.5) is 0 Å². The van der Waals surface area contributed by atoms with E-state index in [2.05, 4.69) is 37.6 Å². The number of halogens is 3. The van der Waals surface area contributed by atoms with Crippen molar-refractivity contribution in [2.45, 2.75) is 18.9 Å². The molecular formula is C12H19BrCl2N2S. The van der Waals surface area contributed by atoms with Crippen LogP contribution in [0.2, 0.25) is 0 Å². The van der Waals surface area contributed by atoms with Gasteiger partial charge in [0.1, 0.15) is 0 Å². The van der Waals surface area contributed by atoms with Crippen molar-refractivity contribution in [1.82, 2.24) is 10.2 Å². The molecule has 104 valence electrons. The number of hydrogen-bond acceptors (Lipinski definition) is 3. The summed E-state index contributed by atoms with van der Waals surface area (Å²) in [5, 5.41) is 5.65. The fourth-order valence-electron chi connectivity index (χ4n) is 2.57. The largest absolute Gasteiger partial charge is 0.314 e. The molecular weight excluding hydrogens is 355 g/mol. The minimum atomic E-state index is 0. The fraction of sp³-hybridized carbons (Fsp3) is 0.667. The second kappa shape index (κ2) is 7.46. The molecule has 2 aliphatic rings. The summed E-state index contributed by atoms with van der Waals surface area (Å²) >= 11 is 5.48. The van der Waals surface area contributed by atoms with Gasteiger partial charge in [-0.25, -0.2) is 0 Å². The van der Waals surface area contributed by atoms with E-state index in [9.17, 15) is 0 Å². The summed E-state index contributed by atoms with van der Waals surface area (Å²) in [5.41, 5.74) is 0. The summed E-state index contributed by atoms with van der Waals surface area (Å²) in [5.74, 6) is 0.920. The van der Waals surface area contributed by atoms with Crippen LogP contribution in [0.3, 0.4) is 0 Å². The molecule has 1 saturated heterocycles. The van der Waals surface area contributed by atoms with E-state index in [1.165, 1.54) is 30.4 Å². The quantitative estimate of drug-likeness (QED) is 0.868. The van der Waals surface area contributed by atoms with Crippen LogP contribution in [-0.4, -0.2) is 31.1 Å². The Kier molecular flexibility index (Phi) is 6.93. The van der Waals surface area contributed by atoms with Crippen molar-refractivity contribution in [3.63, 3.8) is 0 Å². The van der Waals surface area contributed by atoms with E-state index in [1.807, 2.05) is 11.3 Å². The zero-order valence-corrected chi connectivity index (χ0v) is 14.1. The van der Waals surface area contributed by atoms with E-state index in [0.29, 0.717) is 6.04 Å². The van der Waals surface area contributed by atoms with Crippen LogP contribution >= 0.6 is 52.1 Å². The molecule has 1 saturated carbocycles. The predicted octanol–water partition coefficient (Wildman–Crippen LogP) is 3.71. The van der Waals surface area contributed by atoms with Crippen molar-refractivity contribution in [2.24, 2.45) is 5.92 Å². The lowest BCUT2D eigenvalue weighted by Crippen LogP contribution is -2.45. The van der Waals surface area contributed by atoms with E-state index in [1.54, 1.807) is 4.88 Å². The van der Waals surface area contributed by atoms with Crippen LogP contribution in [-0.2, 0) is 0 Å². The van der Waals surface area contributed by atoms with Gasteiger partial charge in [0.25, 0.3) is 0 Å². The number of hydrogen-bond donors (Lipinski definition) is 1. The Morgan fingerprint density at radius 3 is 2.44 bits per heavy atom. The Bertz CT molecular complexity index is 365. The molecule has 1 atom stereocenters. The third-order valence-electron chi connectivity index (χ3n) is 3.49. The second-order valence-corrected chi connectivity index (χ2v) is 6.59. The van der Waals surface area contributed by atoms with Crippen LogP contribution in [0.25, 0.3) is 0 Å². The van der Waals surface area contributed by atoms with Crippen LogP contribution in [0.5, 0.6) is 0 Å². The molecule has 3 rings (SSSR count). The summed E-state index contributed by atoms with van der Waals surface area (Å²) in [6, 6.07) is 3.01. The van der Waals surface area contributed by atoms with E-state index in [4.69, 9.17) is 0 Å². The van der Waals surface area contributed by atoms with Crippen LogP contribution in [0, 0.1) is 5.92 Å². The van der Waals surface area contributed by atoms with Gasteiger partial charge in [-0.3, -0.25) is 4.90 Å². The van der Waals surface area contributed by atoms with Crippen molar-refractivity contribution in [3.05, 3.63) is 20.8 Å². The molecule has 2 nitrogen and oxygen atoms in total. The van der Waals surface area contributed by atoms with Crippen molar-refractivity contribution >= 4 is 52.1 Å². The molecule has 0 unspecified atom stereocenters. The summed E-state index contributed by atoms with van der Waals surface area (Å²) in [4.78, 5) is 4.23. The molecule has 18 heavy (non-hydrogen) atoms. The lowest BCUT2D eigenvalue weighted by Gasteiger charge is -2.34. The Hall–Kier alpha value is 0.680. The molecule has 0 bridgehead atoms. The first kappa shape index (κ1) is 16.7. The minimum absolute atomic E-state index is 0. The van der Waals surface area contributed by atoms with Gasteiger partial charge >= 0.3 is 0 Å². The topological polar surface area (TPSA) is 15.3 Å². The molecule has 0 amide bonds. The number of nitrogens with one attached hydrogen (secondary N) is 1. The third kappa shape index (κ3) is 3.84. The molecule has 6 heteroatoms. The molecule has 1 aliphatic heterocycles. The second-order valence-electron chi connectivity index (χ2n) is 4.74. The number of thiophene rings is 1. The molecule has 1 N–H and O–H groups in total. The van der Waals surface area contributed by atoms with Crippen LogP contribution < -0.4 is 5.32 Å². The molecule has 2 heterocycles. The van der Waals surface area contributed by atoms with Crippen molar-refractivity contribution < 1.29 is 0 Å². The molecule has 0 aromatic carbocycles. The van der Waals surface area contributed by atoms with Crippen molar-refractivity contribution in [1.29, 1.82) is 0 Å². The van der Waals surface area contributed by atoms with E-state index in [0.717, 1.165) is 19.0 Å². The van der Waals surface area contributed by atoms with Gasteiger partial charge in [-0.15, -0.1) is 36.2 Å². The fourth-order valence-corrected chi connectivity index (χ4v) is 4.24. The highest BCUT2D eigenvalue weighted by molar-refractivity contribution is 9.10. The number of rotatable bonds is 3. The van der Waals surface area contributed by atoms with Crippen LogP contribution in [0.1, 0.15) is 23.8 Å². The molecule has 1 aromatic heterocycles. The van der Waals surface area contributed by atoms with Gasteiger partial charge in [0.15, 0.2) is 0 Å². The minimum Gasteiger partial charge on any atom is -0.314 e. The molecule has 0 radical (unpaired) electrons. The first-order chi connectivity index (χ1) is 7.84. The first-order valence-electron chi connectivity index (χ1n) is 6.03. The Balaban J connectivity index is 0.000000810. The lowest BCUT2D eigenvalue weighted by molar-refractivity contribution is 0.158. The van der Waals surface area contributed by atoms with E-state index >= 15 is 0 Å². The third-order valence-corrected chi connectivity index (χ3v) is 5.26. The first-order valence-corrected chi connectivity index (χ1v) is 7.70. The normalized spacial score (nSPS) is 21.8. The van der Waals surface area contributed by atoms with Gasteiger partial charge in [-0.1, -0.05) is 0 Å². The maximum atomic E-state index is 3.57. The summed E-state index contributed by atoms with van der Waals surface area (Å²) in [6.45, 7) is 4.71. The van der Waals surface area contributed by atoms with Crippen molar-refractivity contribution in [3.8, 4) is 0 Å². The standard InChI is InChI=1S/C12H17BrN2S.2ClH/c13-10-7-11(16-8-10)12(9-1-2-9)15-5-3-14-4-6-15;;/h7-9,12,14H,1-6H2;2*1H/t12-;;/m0../s1. The predicted molar refractivity (Wildman–Crippen MR) is 86.4 cm³/mol. The zero-order valence-electron chi connectivity index (χ0n) is 10.1. The van der Waals surface area contributed by atoms with E-state index < -0.39 is 0 Å². The molecule has 0 spiro atoms. The lowest BCUT2D eigenvalue weighted by atomic mass is 10.1. The van der Waals surface area contributed by atoms with Crippen LogP contribution in [0.15, 0.2) is 15.9 Å². The van der Waals surface area contributed by atoms with Crippen molar-refractivity contribution in [2.75, 3.05) is 26.2 Å². The smallest absolute Gasteiger partial charge is 0.0471 e. The summed E-state index contributed by atoms with van der Waals surface area (Å²) in [6.07, 6.45) is 2.84. The van der Waals surface area contributed by atoms with Gasteiger partial charge in [0.2, 0.25) is 0 Å². The molecule has 1 aliphatic carbocycles. The maximum Gasteiger partial charge on any atom is 0.0471 e.